The first-order valence-electron chi connectivity index (χ1n) is 8.16. The third kappa shape index (κ3) is 2.47. The molecule has 128 valence electrons. The molecular formula is C17H18F2N2O3. The van der Waals surface area contributed by atoms with Gasteiger partial charge in [-0.25, -0.2) is 0 Å². The topological polar surface area (TPSA) is 49.9 Å². The summed E-state index contributed by atoms with van der Waals surface area (Å²) in [6, 6.07) is 6.92. The number of nitrogens with zero attached hydrogens (tertiary/aromatic N) is 2. The van der Waals surface area contributed by atoms with Gasteiger partial charge in [0, 0.05) is 19.5 Å². The van der Waals surface area contributed by atoms with Crippen LogP contribution in [0.1, 0.15) is 30.0 Å². The normalized spacial score (nSPS) is 29.4. The Balaban J connectivity index is 1.63. The lowest BCUT2D eigenvalue weighted by Crippen LogP contribution is -2.46. The number of fused-ring (bicyclic) bond motifs is 4. The molecule has 5 nitrogen and oxygen atoms in total. The Labute approximate surface area is 138 Å². The van der Waals surface area contributed by atoms with Crippen LogP contribution in [0.5, 0.6) is 0 Å². The van der Waals surface area contributed by atoms with E-state index < -0.39 is 18.8 Å². The third-order valence-corrected chi connectivity index (χ3v) is 5.23. The van der Waals surface area contributed by atoms with E-state index in [0.717, 1.165) is 12.0 Å². The molecule has 0 bridgehead atoms. The van der Waals surface area contributed by atoms with Crippen LogP contribution >= 0.6 is 0 Å². The Morgan fingerprint density at radius 2 is 1.92 bits per heavy atom. The van der Waals surface area contributed by atoms with Crippen LogP contribution in [0.2, 0.25) is 0 Å². The van der Waals surface area contributed by atoms with Crippen molar-refractivity contribution in [2.24, 2.45) is 0 Å². The monoisotopic (exact) mass is 336 g/mol. The van der Waals surface area contributed by atoms with Gasteiger partial charge in [-0.15, -0.1) is 0 Å². The zero-order valence-corrected chi connectivity index (χ0v) is 13.0. The number of hydrogen-bond acceptors (Lipinski definition) is 3. The number of carbonyl (C=O) groups is 2. The molecule has 0 unspecified atom stereocenters. The molecule has 3 aliphatic rings. The molecule has 0 N–H and O–H groups in total. The summed E-state index contributed by atoms with van der Waals surface area (Å²) in [7, 11) is 0. The number of alkyl halides is 2. The minimum atomic E-state index is -2.89. The number of hydrogen-bond donors (Lipinski definition) is 0. The molecule has 24 heavy (non-hydrogen) atoms. The molecule has 7 heteroatoms. The van der Waals surface area contributed by atoms with E-state index in [1.54, 1.807) is 4.90 Å². The second kappa shape index (κ2) is 5.81. The summed E-state index contributed by atoms with van der Waals surface area (Å²) >= 11 is 0. The van der Waals surface area contributed by atoms with E-state index in [9.17, 15) is 18.4 Å². The molecule has 3 heterocycles. The van der Waals surface area contributed by atoms with Gasteiger partial charge < -0.3 is 14.5 Å². The molecule has 2 saturated heterocycles. The van der Waals surface area contributed by atoms with Crippen LogP contribution in [0.3, 0.4) is 0 Å². The molecule has 3 atom stereocenters. The zero-order valence-electron chi connectivity index (χ0n) is 13.0. The van der Waals surface area contributed by atoms with E-state index in [2.05, 4.69) is 4.74 Å². The fourth-order valence-electron chi connectivity index (χ4n) is 4.16. The van der Waals surface area contributed by atoms with Crippen LogP contribution in [0.25, 0.3) is 0 Å². The van der Waals surface area contributed by atoms with Gasteiger partial charge in [0.1, 0.15) is 6.04 Å². The van der Waals surface area contributed by atoms with Crippen LogP contribution in [-0.2, 0) is 20.7 Å². The van der Waals surface area contributed by atoms with Gasteiger partial charge in [0.05, 0.1) is 18.6 Å². The van der Waals surface area contributed by atoms with Crippen LogP contribution in [-0.4, -0.2) is 53.5 Å². The maximum atomic E-state index is 12.9. The van der Waals surface area contributed by atoms with Crippen molar-refractivity contribution in [2.75, 3.05) is 13.1 Å². The Kier molecular flexibility index (Phi) is 3.75. The zero-order chi connectivity index (χ0) is 16.8. The highest BCUT2D eigenvalue weighted by molar-refractivity contribution is 5.91. The van der Waals surface area contributed by atoms with E-state index in [1.807, 2.05) is 24.3 Å². The number of ether oxygens (including phenoxy) is 1. The van der Waals surface area contributed by atoms with E-state index in [1.165, 1.54) is 10.5 Å². The van der Waals surface area contributed by atoms with Crippen molar-refractivity contribution in [1.29, 1.82) is 0 Å². The predicted octanol–water partition coefficient (Wildman–Crippen LogP) is 1.72. The van der Waals surface area contributed by atoms with Gasteiger partial charge in [-0.1, -0.05) is 24.3 Å². The summed E-state index contributed by atoms with van der Waals surface area (Å²) in [5.41, 5.74) is 2.19. The molecule has 2 fully saturated rings. The molecule has 1 aromatic carbocycles. The minimum absolute atomic E-state index is 0.0573. The van der Waals surface area contributed by atoms with E-state index in [0.29, 0.717) is 6.54 Å². The quantitative estimate of drug-likeness (QED) is 0.826. The second-order valence-electron chi connectivity index (χ2n) is 6.52. The molecule has 4 rings (SSSR count). The Hall–Kier alpha value is -2.02. The third-order valence-electron chi connectivity index (χ3n) is 5.23. The minimum Gasteiger partial charge on any atom is -0.333 e. The van der Waals surface area contributed by atoms with Crippen molar-refractivity contribution < 1.29 is 23.1 Å². The fourth-order valence-corrected chi connectivity index (χ4v) is 4.16. The van der Waals surface area contributed by atoms with E-state index in [4.69, 9.17) is 0 Å². The first kappa shape index (κ1) is 15.5. The number of rotatable bonds is 2. The molecule has 1 aromatic rings. The van der Waals surface area contributed by atoms with E-state index >= 15 is 0 Å². The number of amides is 2. The largest absolute Gasteiger partial charge is 0.345 e. The average molecular weight is 336 g/mol. The van der Waals surface area contributed by atoms with Gasteiger partial charge in [-0.05, 0) is 17.5 Å². The number of carbonyl (C=O) groups excluding carboxylic acids is 2. The van der Waals surface area contributed by atoms with Crippen molar-refractivity contribution in [3.63, 3.8) is 0 Å². The van der Waals surface area contributed by atoms with Gasteiger partial charge in [-0.2, -0.15) is 8.78 Å². The van der Waals surface area contributed by atoms with Crippen molar-refractivity contribution in [2.45, 2.75) is 44.1 Å². The maximum Gasteiger partial charge on any atom is 0.345 e. The highest BCUT2D eigenvalue weighted by Gasteiger charge is 2.48. The van der Waals surface area contributed by atoms with Crippen LogP contribution in [0, 0.1) is 0 Å². The lowest BCUT2D eigenvalue weighted by molar-refractivity contribution is -0.161. The molecule has 0 saturated carbocycles. The van der Waals surface area contributed by atoms with Crippen LogP contribution in [0.4, 0.5) is 8.78 Å². The summed E-state index contributed by atoms with van der Waals surface area (Å²) in [6.07, 6.45) is 0.299. The standard InChI is InChI=1S/C17H18F2N2O3/c18-17(19)24-11-7-14-16(23)20-6-5-10-3-1-2-4-12(10)13(20)8-15(22)21(14)9-11/h1-4,11,13-14,17H,5-9H2/t11-,13-,14+/m1/s1. The molecule has 2 amide bonds. The Morgan fingerprint density at radius 1 is 1.12 bits per heavy atom. The smallest absolute Gasteiger partial charge is 0.333 e. The molecule has 0 spiro atoms. The first-order chi connectivity index (χ1) is 11.5. The number of halogens is 2. The Morgan fingerprint density at radius 3 is 2.71 bits per heavy atom. The van der Waals surface area contributed by atoms with Gasteiger partial charge in [-0.3, -0.25) is 9.59 Å². The summed E-state index contributed by atoms with van der Waals surface area (Å²) < 4.78 is 29.4. The summed E-state index contributed by atoms with van der Waals surface area (Å²) in [6.45, 7) is -2.28. The van der Waals surface area contributed by atoms with Crippen molar-refractivity contribution >= 4 is 11.8 Å². The molecular weight excluding hydrogens is 318 g/mol. The highest BCUT2D eigenvalue weighted by Crippen LogP contribution is 2.38. The fraction of sp³-hybridized carbons (Fsp3) is 0.529. The van der Waals surface area contributed by atoms with E-state index in [-0.39, 0.29) is 37.2 Å². The molecule has 0 radical (unpaired) electrons. The summed E-state index contributed by atoms with van der Waals surface area (Å²) in [4.78, 5) is 28.8. The average Bonchev–Trinajstić information content (AvgIpc) is 2.94. The molecule has 0 aromatic heterocycles. The van der Waals surface area contributed by atoms with Crippen molar-refractivity contribution in [1.82, 2.24) is 9.80 Å². The molecule has 3 aliphatic heterocycles. The van der Waals surface area contributed by atoms with Gasteiger partial charge in [0.2, 0.25) is 11.8 Å². The van der Waals surface area contributed by atoms with Crippen molar-refractivity contribution in [3.8, 4) is 0 Å². The maximum absolute atomic E-state index is 12.9. The van der Waals surface area contributed by atoms with Crippen LogP contribution in [0.15, 0.2) is 24.3 Å². The predicted molar refractivity (Wildman–Crippen MR) is 80.2 cm³/mol. The van der Waals surface area contributed by atoms with Gasteiger partial charge in [0.15, 0.2) is 0 Å². The molecule has 0 aliphatic carbocycles. The second-order valence-corrected chi connectivity index (χ2v) is 6.52. The summed E-state index contributed by atoms with van der Waals surface area (Å²) in [5, 5.41) is 0. The lowest BCUT2D eigenvalue weighted by Gasteiger charge is -2.36. The lowest BCUT2D eigenvalue weighted by atomic mass is 9.90. The highest BCUT2D eigenvalue weighted by atomic mass is 19.3. The number of benzene rings is 1. The van der Waals surface area contributed by atoms with Crippen molar-refractivity contribution in [3.05, 3.63) is 35.4 Å². The van der Waals surface area contributed by atoms with Gasteiger partial charge >= 0.3 is 6.61 Å². The van der Waals surface area contributed by atoms with Gasteiger partial charge in [0.25, 0.3) is 0 Å². The van der Waals surface area contributed by atoms with Crippen LogP contribution < -0.4 is 0 Å². The Bertz CT molecular complexity index is 682. The SMILES string of the molecule is O=C1[C@@H]2C[C@@H](OC(F)F)CN2C(=O)C[C@@H]2c3ccccc3CCN12. The summed E-state index contributed by atoms with van der Waals surface area (Å²) in [5.74, 6) is -0.321. The first-order valence-corrected chi connectivity index (χ1v) is 8.16.